The van der Waals surface area contributed by atoms with Crippen LogP contribution in [-0.4, -0.2) is 29.1 Å². The zero-order valence-electron chi connectivity index (χ0n) is 14.5. The second-order valence-electron chi connectivity index (χ2n) is 5.75. The molecular formula is C19H13N3O4S2. The van der Waals surface area contributed by atoms with Gasteiger partial charge < -0.3 is 14.5 Å². The fraction of sp³-hybridized carbons (Fsp3) is 0.0526. The Morgan fingerprint density at radius 3 is 2.79 bits per heavy atom. The normalized spacial score (nSPS) is 10.8. The number of carbonyl (C=O) groups is 2. The number of rotatable bonds is 3. The Labute approximate surface area is 168 Å². The number of ether oxygens (including phenoxy) is 1. The van der Waals surface area contributed by atoms with E-state index >= 15 is 0 Å². The molecule has 2 aromatic carbocycles. The fourth-order valence-corrected chi connectivity index (χ4v) is 3.77. The highest BCUT2D eigenvalue weighted by molar-refractivity contribution is 7.80. The summed E-state index contributed by atoms with van der Waals surface area (Å²) >= 11 is 6.49. The van der Waals surface area contributed by atoms with Crippen molar-refractivity contribution in [3.63, 3.8) is 0 Å². The van der Waals surface area contributed by atoms with E-state index in [-0.39, 0.29) is 10.9 Å². The largest absolute Gasteiger partial charge is 0.465 e. The molecule has 0 atom stereocenters. The van der Waals surface area contributed by atoms with Gasteiger partial charge in [0.2, 0.25) is 0 Å². The molecule has 0 saturated heterocycles. The summed E-state index contributed by atoms with van der Waals surface area (Å²) in [5, 5.41) is 6.87. The molecule has 4 aromatic rings. The Morgan fingerprint density at radius 1 is 1.18 bits per heavy atom. The Morgan fingerprint density at radius 2 is 2.00 bits per heavy atom. The summed E-state index contributed by atoms with van der Waals surface area (Å²) in [6.07, 6.45) is 0. The molecule has 7 nitrogen and oxygen atoms in total. The number of nitrogens with one attached hydrogen (secondary N) is 2. The molecule has 28 heavy (non-hydrogen) atoms. The van der Waals surface area contributed by atoms with Crippen LogP contribution in [0.2, 0.25) is 0 Å². The molecular weight excluding hydrogens is 398 g/mol. The molecule has 0 aliphatic carbocycles. The minimum atomic E-state index is -0.456. The number of furan rings is 1. The Hall–Kier alpha value is -3.30. The van der Waals surface area contributed by atoms with Crippen LogP contribution < -0.4 is 10.6 Å². The number of methoxy groups -OCH3 is 1. The first-order valence-corrected chi connectivity index (χ1v) is 9.36. The molecule has 0 unspecified atom stereocenters. The molecule has 0 spiro atoms. The monoisotopic (exact) mass is 411 g/mol. The SMILES string of the molecule is COC(=O)c1ccc2nc(NC(=S)NC(=O)c3cc4ccccc4o3)sc2c1. The first-order chi connectivity index (χ1) is 13.5. The second kappa shape index (κ2) is 7.37. The van der Waals surface area contributed by atoms with Gasteiger partial charge in [-0.1, -0.05) is 29.5 Å². The van der Waals surface area contributed by atoms with Crippen LogP contribution in [0.15, 0.2) is 52.9 Å². The van der Waals surface area contributed by atoms with Crippen LogP contribution in [0.5, 0.6) is 0 Å². The number of para-hydroxylation sites is 1. The molecule has 2 heterocycles. The van der Waals surface area contributed by atoms with Crippen molar-refractivity contribution in [2.45, 2.75) is 0 Å². The van der Waals surface area contributed by atoms with Gasteiger partial charge in [-0.2, -0.15) is 0 Å². The van der Waals surface area contributed by atoms with E-state index in [4.69, 9.17) is 21.4 Å². The van der Waals surface area contributed by atoms with Crippen LogP contribution in [0, 0.1) is 0 Å². The van der Waals surface area contributed by atoms with E-state index in [1.165, 1.54) is 18.4 Å². The van der Waals surface area contributed by atoms with Crippen molar-refractivity contribution in [3.8, 4) is 0 Å². The summed E-state index contributed by atoms with van der Waals surface area (Å²) in [7, 11) is 1.33. The van der Waals surface area contributed by atoms with Crippen molar-refractivity contribution in [1.29, 1.82) is 0 Å². The average Bonchev–Trinajstić information content (AvgIpc) is 3.29. The molecule has 0 saturated carbocycles. The first-order valence-electron chi connectivity index (χ1n) is 8.13. The number of carbonyl (C=O) groups excluding carboxylic acids is 2. The van der Waals surface area contributed by atoms with E-state index in [1.807, 2.05) is 18.2 Å². The third-order valence-electron chi connectivity index (χ3n) is 3.91. The van der Waals surface area contributed by atoms with E-state index in [9.17, 15) is 9.59 Å². The number of aromatic nitrogens is 1. The van der Waals surface area contributed by atoms with Crippen molar-refractivity contribution >= 4 is 66.9 Å². The molecule has 2 aromatic heterocycles. The van der Waals surface area contributed by atoms with Gasteiger partial charge in [0.05, 0.1) is 22.9 Å². The molecule has 0 radical (unpaired) electrons. The highest BCUT2D eigenvalue weighted by Crippen LogP contribution is 2.27. The van der Waals surface area contributed by atoms with Gasteiger partial charge in [-0.3, -0.25) is 10.1 Å². The smallest absolute Gasteiger partial charge is 0.337 e. The fourth-order valence-electron chi connectivity index (χ4n) is 2.61. The molecule has 0 aliphatic heterocycles. The lowest BCUT2D eigenvalue weighted by molar-refractivity contribution is 0.0601. The first kappa shape index (κ1) is 18.1. The Bertz CT molecular complexity index is 1200. The number of hydrogen-bond acceptors (Lipinski definition) is 7. The predicted octanol–water partition coefficient (Wildman–Crippen LogP) is 3.96. The lowest BCUT2D eigenvalue weighted by Gasteiger charge is -2.04. The van der Waals surface area contributed by atoms with Gasteiger partial charge in [0.25, 0.3) is 5.91 Å². The lowest BCUT2D eigenvalue weighted by Crippen LogP contribution is -2.33. The third kappa shape index (κ3) is 3.57. The van der Waals surface area contributed by atoms with Gasteiger partial charge in [-0.05, 0) is 42.5 Å². The quantitative estimate of drug-likeness (QED) is 0.389. The predicted molar refractivity (Wildman–Crippen MR) is 111 cm³/mol. The van der Waals surface area contributed by atoms with Gasteiger partial charge in [0.15, 0.2) is 16.0 Å². The van der Waals surface area contributed by atoms with E-state index in [0.29, 0.717) is 21.8 Å². The van der Waals surface area contributed by atoms with E-state index in [1.54, 1.807) is 30.3 Å². The van der Waals surface area contributed by atoms with E-state index in [2.05, 4.69) is 15.6 Å². The van der Waals surface area contributed by atoms with Crippen molar-refractivity contribution in [1.82, 2.24) is 10.3 Å². The summed E-state index contributed by atoms with van der Waals surface area (Å²) in [5.41, 5.74) is 1.76. The maximum absolute atomic E-state index is 12.3. The molecule has 140 valence electrons. The maximum Gasteiger partial charge on any atom is 0.337 e. The number of thiazole rings is 1. The number of benzene rings is 2. The summed E-state index contributed by atoms with van der Waals surface area (Å²) in [6, 6.07) is 14.0. The molecule has 9 heteroatoms. The van der Waals surface area contributed by atoms with E-state index in [0.717, 1.165) is 10.1 Å². The van der Waals surface area contributed by atoms with Gasteiger partial charge in [0.1, 0.15) is 5.58 Å². The Balaban J connectivity index is 1.47. The number of fused-ring (bicyclic) bond motifs is 2. The maximum atomic E-state index is 12.3. The number of esters is 1. The summed E-state index contributed by atoms with van der Waals surface area (Å²) in [5.74, 6) is -0.710. The van der Waals surface area contributed by atoms with Crippen molar-refractivity contribution in [2.24, 2.45) is 0 Å². The lowest BCUT2D eigenvalue weighted by atomic mass is 10.2. The number of nitrogens with zero attached hydrogens (tertiary/aromatic N) is 1. The summed E-state index contributed by atoms with van der Waals surface area (Å²) < 4.78 is 11.0. The van der Waals surface area contributed by atoms with Gasteiger partial charge >= 0.3 is 5.97 Å². The molecule has 0 fully saturated rings. The standard InChI is InChI=1S/C19H13N3O4S2/c1-25-17(24)11-6-7-12-15(9-11)28-19(20-12)22-18(27)21-16(23)14-8-10-4-2-3-5-13(10)26-14/h2-9H,1H3,(H2,20,21,22,23,27). The van der Waals surface area contributed by atoms with E-state index < -0.39 is 11.9 Å². The number of amides is 1. The average molecular weight is 411 g/mol. The van der Waals surface area contributed by atoms with Crippen molar-refractivity contribution in [3.05, 3.63) is 59.9 Å². The van der Waals surface area contributed by atoms with Crippen molar-refractivity contribution < 1.29 is 18.7 Å². The number of thiocarbonyl (C=S) groups is 1. The van der Waals surface area contributed by atoms with Crippen LogP contribution in [0.1, 0.15) is 20.9 Å². The number of anilines is 1. The molecule has 1 amide bonds. The summed E-state index contributed by atoms with van der Waals surface area (Å²) in [4.78, 5) is 28.4. The van der Waals surface area contributed by atoms with Gasteiger partial charge in [-0.15, -0.1) is 0 Å². The second-order valence-corrected chi connectivity index (χ2v) is 7.19. The van der Waals surface area contributed by atoms with Crippen LogP contribution in [-0.2, 0) is 4.74 Å². The van der Waals surface area contributed by atoms with Gasteiger partial charge in [0, 0.05) is 5.39 Å². The molecule has 0 bridgehead atoms. The molecule has 4 rings (SSSR count). The van der Waals surface area contributed by atoms with Gasteiger partial charge in [-0.25, -0.2) is 9.78 Å². The zero-order chi connectivity index (χ0) is 19.7. The Kier molecular flexibility index (Phi) is 4.76. The van der Waals surface area contributed by atoms with Crippen LogP contribution in [0.4, 0.5) is 5.13 Å². The van der Waals surface area contributed by atoms with Crippen LogP contribution >= 0.6 is 23.6 Å². The summed E-state index contributed by atoms with van der Waals surface area (Å²) in [6.45, 7) is 0. The van der Waals surface area contributed by atoms with Crippen molar-refractivity contribution in [2.75, 3.05) is 12.4 Å². The molecule has 2 N–H and O–H groups in total. The minimum absolute atomic E-state index is 0.0951. The minimum Gasteiger partial charge on any atom is -0.465 e. The highest BCUT2D eigenvalue weighted by Gasteiger charge is 2.15. The third-order valence-corrected chi connectivity index (χ3v) is 5.04. The zero-order valence-corrected chi connectivity index (χ0v) is 16.1. The number of hydrogen-bond donors (Lipinski definition) is 2. The molecule has 0 aliphatic rings. The van der Waals surface area contributed by atoms with Crippen LogP contribution in [0.3, 0.4) is 0 Å². The topological polar surface area (TPSA) is 93.5 Å². The highest BCUT2D eigenvalue weighted by atomic mass is 32.1. The van der Waals surface area contributed by atoms with Crippen LogP contribution in [0.25, 0.3) is 21.2 Å².